The van der Waals surface area contributed by atoms with E-state index < -0.39 is 5.97 Å². The molecule has 0 unspecified atom stereocenters. The third kappa shape index (κ3) is 4.18. The van der Waals surface area contributed by atoms with Crippen LogP contribution in [0.3, 0.4) is 0 Å². The van der Waals surface area contributed by atoms with Crippen molar-refractivity contribution < 1.29 is 19.1 Å². The second-order valence-corrected chi connectivity index (χ2v) is 5.75. The van der Waals surface area contributed by atoms with Gasteiger partial charge in [-0.2, -0.15) is 0 Å². The third-order valence-corrected chi connectivity index (χ3v) is 3.35. The largest absolute Gasteiger partial charge is 0.490 e. The molecule has 0 aliphatic heterocycles. The average molecular weight is 363 g/mol. The second-order valence-electron chi connectivity index (χ2n) is 4.89. The molecule has 0 amide bonds. The smallest absolute Gasteiger partial charge is 0.343 e. The zero-order valence-corrected chi connectivity index (χ0v) is 13.8. The van der Waals surface area contributed by atoms with E-state index in [2.05, 4.69) is 15.9 Å². The van der Waals surface area contributed by atoms with E-state index in [1.165, 1.54) is 6.07 Å². The van der Waals surface area contributed by atoms with Crippen LogP contribution in [0.5, 0.6) is 11.5 Å². The highest BCUT2D eigenvalue weighted by atomic mass is 79.9. The summed E-state index contributed by atoms with van der Waals surface area (Å²) in [6.07, 6.45) is 0.742. The molecule has 0 saturated carbocycles. The molecule has 0 heterocycles. The summed E-state index contributed by atoms with van der Waals surface area (Å²) in [6.45, 7) is 3.85. The number of benzene rings is 2. The quantitative estimate of drug-likeness (QED) is 0.452. The normalized spacial score (nSPS) is 10.4. The van der Waals surface area contributed by atoms with Crippen molar-refractivity contribution in [3.8, 4) is 11.5 Å². The van der Waals surface area contributed by atoms with Crippen LogP contribution in [0.4, 0.5) is 0 Å². The summed E-state index contributed by atoms with van der Waals surface area (Å²) < 4.78 is 11.5. The summed E-state index contributed by atoms with van der Waals surface area (Å²) >= 11 is 3.37. The van der Waals surface area contributed by atoms with Crippen molar-refractivity contribution in [2.45, 2.75) is 20.0 Å². The maximum absolute atomic E-state index is 12.1. The molecule has 114 valence electrons. The van der Waals surface area contributed by atoms with Crippen molar-refractivity contribution in [1.29, 1.82) is 0 Å². The Morgan fingerprint density at radius 3 is 2.59 bits per heavy atom. The molecule has 0 fully saturated rings. The van der Waals surface area contributed by atoms with Gasteiger partial charge in [-0.05, 0) is 60.1 Å². The Hall–Kier alpha value is -2.14. The molecule has 5 heteroatoms. The molecule has 0 N–H and O–H groups in total. The molecule has 0 bridgehead atoms. The lowest BCUT2D eigenvalue weighted by molar-refractivity contribution is 0.0734. The first-order valence-electron chi connectivity index (χ1n) is 6.73. The Labute approximate surface area is 137 Å². The summed E-state index contributed by atoms with van der Waals surface area (Å²) in [5.74, 6) is 0.488. The maximum atomic E-state index is 12.1. The Bertz CT molecular complexity index is 695. The molecule has 0 atom stereocenters. The van der Waals surface area contributed by atoms with Crippen LogP contribution in [0.15, 0.2) is 46.9 Å². The number of ether oxygens (including phenoxy) is 2. The average Bonchev–Trinajstić information content (AvgIpc) is 2.49. The number of esters is 1. The van der Waals surface area contributed by atoms with Crippen molar-refractivity contribution >= 4 is 28.2 Å². The van der Waals surface area contributed by atoms with Crippen molar-refractivity contribution in [2.75, 3.05) is 0 Å². The summed E-state index contributed by atoms with van der Waals surface area (Å²) in [6, 6.07) is 11.4. The van der Waals surface area contributed by atoms with Gasteiger partial charge in [0.1, 0.15) is 17.8 Å². The summed E-state index contributed by atoms with van der Waals surface area (Å²) in [5, 5.41) is 0. The van der Waals surface area contributed by atoms with E-state index in [1.807, 2.05) is 13.8 Å². The lowest BCUT2D eigenvalue weighted by atomic mass is 10.2. The van der Waals surface area contributed by atoms with Crippen LogP contribution >= 0.6 is 15.9 Å². The van der Waals surface area contributed by atoms with E-state index in [-0.39, 0.29) is 6.10 Å². The fourth-order valence-electron chi connectivity index (χ4n) is 1.79. The topological polar surface area (TPSA) is 52.6 Å². The Morgan fingerprint density at radius 1 is 1.18 bits per heavy atom. The van der Waals surface area contributed by atoms with Crippen LogP contribution < -0.4 is 9.47 Å². The predicted molar refractivity (Wildman–Crippen MR) is 86.7 cm³/mol. The monoisotopic (exact) mass is 362 g/mol. The van der Waals surface area contributed by atoms with Gasteiger partial charge >= 0.3 is 5.97 Å². The molecule has 22 heavy (non-hydrogen) atoms. The summed E-state index contributed by atoms with van der Waals surface area (Å²) in [5.41, 5.74) is 0.839. The molecule has 0 saturated heterocycles. The molecular weight excluding hydrogens is 348 g/mol. The number of hydrogen-bond acceptors (Lipinski definition) is 4. The van der Waals surface area contributed by atoms with E-state index in [0.717, 1.165) is 0 Å². The zero-order chi connectivity index (χ0) is 16.1. The Morgan fingerprint density at radius 2 is 1.95 bits per heavy atom. The highest BCUT2D eigenvalue weighted by molar-refractivity contribution is 9.10. The van der Waals surface area contributed by atoms with Gasteiger partial charge in [0, 0.05) is 5.56 Å². The Balaban J connectivity index is 2.15. The molecule has 0 aromatic heterocycles. The molecule has 2 rings (SSSR count). The molecule has 4 nitrogen and oxygen atoms in total. The van der Waals surface area contributed by atoms with Crippen molar-refractivity contribution in [3.63, 3.8) is 0 Å². The van der Waals surface area contributed by atoms with Gasteiger partial charge in [-0.3, -0.25) is 4.79 Å². The lowest BCUT2D eigenvalue weighted by Crippen LogP contribution is -2.10. The van der Waals surface area contributed by atoms with Gasteiger partial charge in [0.15, 0.2) is 0 Å². The van der Waals surface area contributed by atoms with Crippen LogP contribution in [0, 0.1) is 0 Å². The van der Waals surface area contributed by atoms with Gasteiger partial charge in [0.05, 0.1) is 16.1 Å². The molecule has 0 spiro atoms. The third-order valence-electron chi connectivity index (χ3n) is 2.73. The number of halogens is 1. The molecule has 0 aliphatic carbocycles. The van der Waals surface area contributed by atoms with E-state index in [9.17, 15) is 9.59 Å². The first-order valence-corrected chi connectivity index (χ1v) is 7.52. The lowest BCUT2D eigenvalue weighted by Gasteiger charge is -2.12. The SMILES string of the molecule is CC(C)Oc1ccc(C(=O)Oc2cccc(C=O)c2)cc1Br. The fourth-order valence-corrected chi connectivity index (χ4v) is 2.27. The second kappa shape index (κ2) is 7.22. The highest BCUT2D eigenvalue weighted by Gasteiger charge is 2.12. The Kier molecular flexibility index (Phi) is 5.33. The summed E-state index contributed by atoms with van der Waals surface area (Å²) in [7, 11) is 0. The first-order chi connectivity index (χ1) is 10.5. The van der Waals surface area contributed by atoms with Crippen molar-refractivity contribution in [1.82, 2.24) is 0 Å². The zero-order valence-electron chi connectivity index (χ0n) is 12.2. The first kappa shape index (κ1) is 16.2. The molecule has 2 aromatic carbocycles. The minimum absolute atomic E-state index is 0.0418. The van der Waals surface area contributed by atoms with Crippen molar-refractivity contribution in [3.05, 3.63) is 58.1 Å². The van der Waals surface area contributed by atoms with Gasteiger partial charge in [-0.25, -0.2) is 4.79 Å². The molecule has 0 aliphatic rings. The van der Waals surface area contributed by atoms with Crippen LogP contribution in [-0.2, 0) is 0 Å². The van der Waals surface area contributed by atoms with E-state index in [1.54, 1.807) is 36.4 Å². The highest BCUT2D eigenvalue weighted by Crippen LogP contribution is 2.27. The van der Waals surface area contributed by atoms with Gasteiger partial charge in [-0.15, -0.1) is 0 Å². The molecular formula is C17H15BrO4. The minimum atomic E-state index is -0.500. The number of aldehydes is 1. The van der Waals surface area contributed by atoms with Crippen LogP contribution in [0.1, 0.15) is 34.6 Å². The number of carbonyl (C=O) groups excluding carboxylic acids is 2. The molecule has 0 radical (unpaired) electrons. The van der Waals surface area contributed by atoms with Gasteiger partial charge in [-0.1, -0.05) is 12.1 Å². The predicted octanol–water partition coefficient (Wildman–Crippen LogP) is 4.27. The van der Waals surface area contributed by atoms with Crippen LogP contribution in [-0.4, -0.2) is 18.4 Å². The van der Waals surface area contributed by atoms with Crippen molar-refractivity contribution in [2.24, 2.45) is 0 Å². The van der Waals surface area contributed by atoms with Gasteiger partial charge in [0.25, 0.3) is 0 Å². The van der Waals surface area contributed by atoms with Crippen LogP contribution in [0.25, 0.3) is 0 Å². The molecule has 2 aromatic rings. The fraction of sp³-hybridized carbons (Fsp3) is 0.176. The number of rotatable bonds is 5. The standard InChI is InChI=1S/C17H15BrO4/c1-11(2)21-16-7-6-13(9-15(16)18)17(20)22-14-5-3-4-12(8-14)10-19/h3-11H,1-2H3. The number of carbonyl (C=O) groups is 2. The van der Waals surface area contributed by atoms with E-state index in [4.69, 9.17) is 9.47 Å². The number of hydrogen-bond donors (Lipinski definition) is 0. The minimum Gasteiger partial charge on any atom is -0.490 e. The van der Waals surface area contributed by atoms with E-state index >= 15 is 0 Å². The summed E-state index contributed by atoms with van der Waals surface area (Å²) in [4.78, 5) is 22.9. The van der Waals surface area contributed by atoms with Gasteiger partial charge in [0.2, 0.25) is 0 Å². The van der Waals surface area contributed by atoms with Crippen LogP contribution in [0.2, 0.25) is 0 Å². The maximum Gasteiger partial charge on any atom is 0.343 e. The van der Waals surface area contributed by atoms with Gasteiger partial charge < -0.3 is 9.47 Å². The van der Waals surface area contributed by atoms with E-state index in [0.29, 0.717) is 33.4 Å².